The van der Waals surface area contributed by atoms with Crippen molar-refractivity contribution < 1.29 is 9.53 Å². The SMILES string of the molecule is CC(Cc1cccc(Cl)c1)NC1CCN(C(=O)OC(C)(C)C)C1. The number of carbonyl (C=O) groups is 1. The quantitative estimate of drug-likeness (QED) is 0.906. The summed E-state index contributed by atoms with van der Waals surface area (Å²) in [6.07, 6.45) is 1.66. The molecule has 2 atom stereocenters. The zero-order valence-electron chi connectivity index (χ0n) is 14.4. The second kappa shape index (κ2) is 7.54. The van der Waals surface area contributed by atoms with E-state index >= 15 is 0 Å². The molecule has 1 amide bonds. The molecule has 1 saturated heterocycles. The van der Waals surface area contributed by atoms with Crippen molar-refractivity contribution in [3.63, 3.8) is 0 Å². The van der Waals surface area contributed by atoms with Crippen molar-refractivity contribution in [2.75, 3.05) is 13.1 Å². The van der Waals surface area contributed by atoms with Crippen LogP contribution in [0.2, 0.25) is 5.02 Å². The van der Waals surface area contributed by atoms with E-state index in [4.69, 9.17) is 16.3 Å². The van der Waals surface area contributed by atoms with E-state index in [-0.39, 0.29) is 6.09 Å². The molecule has 1 heterocycles. The van der Waals surface area contributed by atoms with Crippen LogP contribution in [0.25, 0.3) is 0 Å². The maximum absolute atomic E-state index is 12.1. The van der Waals surface area contributed by atoms with E-state index in [0.29, 0.717) is 18.6 Å². The number of nitrogens with zero attached hydrogens (tertiary/aromatic N) is 1. The van der Waals surface area contributed by atoms with Gasteiger partial charge in [0.2, 0.25) is 0 Å². The highest BCUT2D eigenvalue weighted by Crippen LogP contribution is 2.17. The van der Waals surface area contributed by atoms with Crippen LogP contribution in [0.3, 0.4) is 0 Å². The van der Waals surface area contributed by atoms with E-state index in [2.05, 4.69) is 18.3 Å². The Balaban J connectivity index is 1.79. The number of rotatable bonds is 4. The van der Waals surface area contributed by atoms with Crippen LogP contribution >= 0.6 is 11.6 Å². The molecule has 0 aliphatic carbocycles. The summed E-state index contributed by atoms with van der Waals surface area (Å²) < 4.78 is 5.43. The molecular weight excluding hydrogens is 312 g/mol. The predicted octanol–water partition coefficient (Wildman–Crippen LogP) is 3.87. The van der Waals surface area contributed by atoms with Gasteiger partial charge >= 0.3 is 6.09 Å². The van der Waals surface area contributed by atoms with E-state index in [1.165, 1.54) is 5.56 Å². The summed E-state index contributed by atoms with van der Waals surface area (Å²) >= 11 is 6.03. The zero-order valence-corrected chi connectivity index (χ0v) is 15.2. The first-order valence-electron chi connectivity index (χ1n) is 8.21. The van der Waals surface area contributed by atoms with Gasteiger partial charge in [0.15, 0.2) is 0 Å². The molecular formula is C18H27ClN2O2. The van der Waals surface area contributed by atoms with Crippen LogP contribution in [0.5, 0.6) is 0 Å². The molecule has 1 aromatic carbocycles. The zero-order chi connectivity index (χ0) is 17.0. The Labute approximate surface area is 144 Å². The van der Waals surface area contributed by atoms with Gasteiger partial charge in [-0.05, 0) is 58.2 Å². The van der Waals surface area contributed by atoms with E-state index in [1.54, 1.807) is 4.90 Å². The van der Waals surface area contributed by atoms with E-state index < -0.39 is 5.60 Å². The van der Waals surface area contributed by atoms with E-state index in [9.17, 15) is 4.79 Å². The molecule has 1 aromatic rings. The second-order valence-corrected chi connectivity index (χ2v) is 7.75. The summed E-state index contributed by atoms with van der Waals surface area (Å²) in [4.78, 5) is 13.9. The number of hydrogen-bond donors (Lipinski definition) is 1. The monoisotopic (exact) mass is 338 g/mol. The highest BCUT2D eigenvalue weighted by Gasteiger charge is 2.30. The number of ether oxygens (including phenoxy) is 1. The van der Waals surface area contributed by atoms with Gasteiger partial charge in [-0.3, -0.25) is 0 Å². The largest absolute Gasteiger partial charge is 0.444 e. The summed E-state index contributed by atoms with van der Waals surface area (Å²) in [5.74, 6) is 0. The van der Waals surface area contributed by atoms with Gasteiger partial charge in [0, 0.05) is 30.2 Å². The Morgan fingerprint density at radius 2 is 2.22 bits per heavy atom. The molecule has 0 saturated carbocycles. The molecule has 2 unspecified atom stereocenters. The molecule has 1 aliphatic heterocycles. The maximum atomic E-state index is 12.1. The Kier molecular flexibility index (Phi) is 5.93. The molecule has 5 heteroatoms. The molecule has 2 rings (SSSR count). The molecule has 0 radical (unpaired) electrons. The topological polar surface area (TPSA) is 41.6 Å². The fourth-order valence-electron chi connectivity index (χ4n) is 2.87. The molecule has 1 fully saturated rings. The van der Waals surface area contributed by atoms with E-state index in [0.717, 1.165) is 24.4 Å². The van der Waals surface area contributed by atoms with Crippen molar-refractivity contribution in [2.24, 2.45) is 0 Å². The van der Waals surface area contributed by atoms with Gasteiger partial charge in [-0.1, -0.05) is 23.7 Å². The van der Waals surface area contributed by atoms with Gasteiger partial charge in [-0.15, -0.1) is 0 Å². The lowest BCUT2D eigenvalue weighted by Crippen LogP contribution is -2.41. The normalized spacial score (nSPS) is 19.7. The Bertz CT molecular complexity index is 542. The number of halogens is 1. The van der Waals surface area contributed by atoms with Crippen LogP contribution in [-0.4, -0.2) is 41.8 Å². The van der Waals surface area contributed by atoms with Gasteiger partial charge in [0.05, 0.1) is 0 Å². The summed E-state index contributed by atoms with van der Waals surface area (Å²) in [6, 6.07) is 8.60. The second-order valence-electron chi connectivity index (χ2n) is 7.31. The lowest BCUT2D eigenvalue weighted by atomic mass is 10.1. The average Bonchev–Trinajstić information content (AvgIpc) is 2.85. The van der Waals surface area contributed by atoms with Crippen LogP contribution in [0.1, 0.15) is 39.7 Å². The molecule has 4 nitrogen and oxygen atoms in total. The third kappa shape index (κ3) is 6.04. The Morgan fingerprint density at radius 3 is 2.87 bits per heavy atom. The first kappa shape index (κ1) is 18.1. The van der Waals surface area contributed by atoms with Crippen LogP contribution in [0, 0.1) is 0 Å². The van der Waals surface area contributed by atoms with Gasteiger partial charge in [0.25, 0.3) is 0 Å². The van der Waals surface area contributed by atoms with Gasteiger partial charge in [-0.2, -0.15) is 0 Å². The van der Waals surface area contributed by atoms with Crippen LogP contribution in [0.15, 0.2) is 24.3 Å². The molecule has 1 N–H and O–H groups in total. The van der Waals surface area contributed by atoms with Gasteiger partial charge in [-0.25, -0.2) is 4.79 Å². The van der Waals surface area contributed by atoms with Crippen molar-refractivity contribution in [3.8, 4) is 0 Å². The van der Waals surface area contributed by atoms with Gasteiger partial charge < -0.3 is 15.0 Å². The lowest BCUT2D eigenvalue weighted by molar-refractivity contribution is 0.0290. The third-order valence-electron chi connectivity index (χ3n) is 3.79. The number of carbonyl (C=O) groups excluding carboxylic acids is 1. The lowest BCUT2D eigenvalue weighted by Gasteiger charge is -2.25. The van der Waals surface area contributed by atoms with Crippen molar-refractivity contribution in [1.82, 2.24) is 10.2 Å². The summed E-state index contributed by atoms with van der Waals surface area (Å²) in [5.41, 5.74) is 0.780. The van der Waals surface area contributed by atoms with Crippen molar-refractivity contribution in [1.29, 1.82) is 0 Å². The first-order chi connectivity index (χ1) is 10.7. The molecule has 128 valence electrons. The predicted molar refractivity (Wildman–Crippen MR) is 94.0 cm³/mol. The summed E-state index contributed by atoms with van der Waals surface area (Å²) in [7, 11) is 0. The van der Waals surface area contributed by atoms with Crippen LogP contribution in [0.4, 0.5) is 4.79 Å². The van der Waals surface area contributed by atoms with Crippen molar-refractivity contribution in [2.45, 2.75) is 58.2 Å². The molecule has 23 heavy (non-hydrogen) atoms. The number of benzene rings is 1. The van der Waals surface area contributed by atoms with Crippen LogP contribution < -0.4 is 5.32 Å². The smallest absolute Gasteiger partial charge is 0.410 e. The first-order valence-corrected chi connectivity index (χ1v) is 8.59. The highest BCUT2D eigenvalue weighted by molar-refractivity contribution is 6.30. The molecule has 1 aliphatic rings. The summed E-state index contributed by atoms with van der Waals surface area (Å²) in [6.45, 7) is 9.29. The third-order valence-corrected chi connectivity index (χ3v) is 4.03. The highest BCUT2D eigenvalue weighted by atomic mass is 35.5. The maximum Gasteiger partial charge on any atom is 0.410 e. The fraction of sp³-hybridized carbons (Fsp3) is 0.611. The van der Waals surface area contributed by atoms with Crippen molar-refractivity contribution >= 4 is 17.7 Å². The summed E-state index contributed by atoms with van der Waals surface area (Å²) in [5, 5.41) is 4.37. The number of hydrogen-bond acceptors (Lipinski definition) is 3. The van der Waals surface area contributed by atoms with Crippen molar-refractivity contribution in [3.05, 3.63) is 34.9 Å². The molecule has 0 spiro atoms. The number of amides is 1. The fourth-order valence-corrected chi connectivity index (χ4v) is 3.08. The number of nitrogens with one attached hydrogen (secondary N) is 1. The minimum absolute atomic E-state index is 0.218. The van der Waals surface area contributed by atoms with E-state index in [1.807, 2.05) is 39.0 Å². The van der Waals surface area contributed by atoms with Crippen LogP contribution in [-0.2, 0) is 11.2 Å². The molecule has 0 aromatic heterocycles. The van der Waals surface area contributed by atoms with Gasteiger partial charge in [0.1, 0.15) is 5.60 Å². The minimum atomic E-state index is -0.442. The Hall–Kier alpha value is -1.26. The Morgan fingerprint density at radius 1 is 1.48 bits per heavy atom. The minimum Gasteiger partial charge on any atom is -0.444 e. The average molecular weight is 339 g/mol. The number of likely N-dealkylation sites (tertiary alicyclic amines) is 1. The molecule has 0 bridgehead atoms. The standard InChI is InChI=1S/C18H27ClN2O2/c1-13(10-14-6-5-7-15(19)11-14)20-16-8-9-21(12-16)17(22)23-18(2,3)4/h5-7,11,13,16,20H,8-10,12H2,1-4H3.